The Hall–Kier alpha value is -2.28. The van der Waals surface area contributed by atoms with Gasteiger partial charge in [0.05, 0.1) is 17.7 Å². The molecule has 0 spiro atoms. The molecule has 1 saturated heterocycles. The first-order chi connectivity index (χ1) is 12.6. The van der Waals surface area contributed by atoms with Crippen molar-refractivity contribution in [2.75, 3.05) is 0 Å². The van der Waals surface area contributed by atoms with Gasteiger partial charge in [-0.3, -0.25) is 9.69 Å². The zero-order valence-electron chi connectivity index (χ0n) is 13.3. The van der Waals surface area contributed by atoms with Crippen LogP contribution >= 0.6 is 35.6 Å². The zero-order chi connectivity index (χ0) is 18.1. The van der Waals surface area contributed by atoms with Crippen LogP contribution in [-0.2, 0) is 11.3 Å². The van der Waals surface area contributed by atoms with Gasteiger partial charge < -0.3 is 8.83 Å². The maximum Gasteiger partial charge on any atom is 0.266 e. The highest BCUT2D eigenvalue weighted by atomic mass is 35.5. The van der Waals surface area contributed by atoms with Gasteiger partial charge in [0.2, 0.25) is 0 Å². The van der Waals surface area contributed by atoms with Crippen LogP contribution in [0.25, 0.3) is 17.4 Å². The molecule has 2 aromatic heterocycles. The number of amides is 1. The molecule has 0 atom stereocenters. The lowest BCUT2D eigenvalue weighted by Gasteiger charge is -2.11. The molecule has 26 heavy (non-hydrogen) atoms. The predicted molar refractivity (Wildman–Crippen MR) is 107 cm³/mol. The molecule has 1 aliphatic heterocycles. The molecule has 1 aromatic carbocycles. The summed E-state index contributed by atoms with van der Waals surface area (Å²) >= 11 is 12.5. The summed E-state index contributed by atoms with van der Waals surface area (Å²) in [6.07, 6.45) is 3.28. The number of halogens is 1. The number of thiocarbonyl (C=S) groups is 1. The van der Waals surface area contributed by atoms with Gasteiger partial charge in [0, 0.05) is 16.7 Å². The average Bonchev–Trinajstić information content (AvgIpc) is 3.35. The summed E-state index contributed by atoms with van der Waals surface area (Å²) in [5.74, 6) is 1.83. The van der Waals surface area contributed by atoms with Gasteiger partial charge in [-0.05, 0) is 48.5 Å². The minimum absolute atomic E-state index is 0.152. The van der Waals surface area contributed by atoms with Crippen LogP contribution in [0.5, 0.6) is 0 Å². The number of nitrogens with zero attached hydrogens (tertiary/aromatic N) is 1. The average molecular weight is 402 g/mol. The van der Waals surface area contributed by atoms with Gasteiger partial charge >= 0.3 is 0 Å². The zero-order valence-corrected chi connectivity index (χ0v) is 15.7. The van der Waals surface area contributed by atoms with E-state index in [0.717, 1.165) is 5.56 Å². The largest absolute Gasteiger partial charge is 0.467 e. The number of carbonyl (C=O) groups is 1. The SMILES string of the molecule is O=C1C(=Cc2ccc(-c3ccc(Cl)cc3)o2)SC(=S)N1Cc1ccco1. The minimum Gasteiger partial charge on any atom is -0.467 e. The lowest BCUT2D eigenvalue weighted by molar-refractivity contribution is -0.122. The molecule has 1 amide bonds. The number of benzene rings is 1. The smallest absolute Gasteiger partial charge is 0.266 e. The molecule has 0 bridgehead atoms. The molecule has 0 saturated carbocycles. The third kappa shape index (κ3) is 3.49. The van der Waals surface area contributed by atoms with Crippen LogP contribution < -0.4 is 0 Å². The van der Waals surface area contributed by atoms with E-state index in [1.165, 1.54) is 16.7 Å². The van der Waals surface area contributed by atoms with E-state index in [2.05, 4.69) is 0 Å². The van der Waals surface area contributed by atoms with Crippen LogP contribution in [0.3, 0.4) is 0 Å². The van der Waals surface area contributed by atoms with Crippen LogP contribution in [-0.4, -0.2) is 15.1 Å². The van der Waals surface area contributed by atoms with Crippen LogP contribution in [0.2, 0.25) is 5.02 Å². The third-order valence-electron chi connectivity index (χ3n) is 3.80. The topological polar surface area (TPSA) is 46.6 Å². The molecule has 130 valence electrons. The second-order valence-electron chi connectivity index (χ2n) is 5.56. The van der Waals surface area contributed by atoms with E-state index in [9.17, 15) is 4.79 Å². The van der Waals surface area contributed by atoms with Gasteiger partial charge in [-0.25, -0.2) is 0 Å². The van der Waals surface area contributed by atoms with E-state index in [-0.39, 0.29) is 5.91 Å². The van der Waals surface area contributed by atoms with Crippen molar-refractivity contribution in [1.82, 2.24) is 4.90 Å². The summed E-state index contributed by atoms with van der Waals surface area (Å²) in [6.45, 7) is 0.323. The Bertz CT molecular complexity index is 990. The number of thioether (sulfide) groups is 1. The second-order valence-corrected chi connectivity index (χ2v) is 7.67. The highest BCUT2D eigenvalue weighted by Crippen LogP contribution is 2.34. The summed E-state index contributed by atoms with van der Waals surface area (Å²) in [4.78, 5) is 14.7. The van der Waals surface area contributed by atoms with Crippen molar-refractivity contribution in [3.63, 3.8) is 0 Å². The van der Waals surface area contributed by atoms with E-state index in [1.54, 1.807) is 30.5 Å². The predicted octanol–water partition coefficient (Wildman–Crippen LogP) is 5.59. The van der Waals surface area contributed by atoms with Crippen LogP contribution in [0, 0.1) is 0 Å². The van der Waals surface area contributed by atoms with Crippen molar-refractivity contribution in [1.29, 1.82) is 0 Å². The van der Waals surface area contributed by atoms with Crippen molar-refractivity contribution in [3.8, 4) is 11.3 Å². The lowest BCUT2D eigenvalue weighted by Crippen LogP contribution is -2.27. The lowest BCUT2D eigenvalue weighted by atomic mass is 10.2. The van der Waals surface area contributed by atoms with Crippen LogP contribution in [0.1, 0.15) is 11.5 Å². The van der Waals surface area contributed by atoms with Gasteiger partial charge in [-0.2, -0.15) is 0 Å². The fourth-order valence-electron chi connectivity index (χ4n) is 2.52. The molecule has 0 N–H and O–H groups in total. The minimum atomic E-state index is -0.152. The normalized spacial score (nSPS) is 16.0. The highest BCUT2D eigenvalue weighted by molar-refractivity contribution is 8.26. The molecule has 3 aromatic rings. The van der Waals surface area contributed by atoms with Crippen molar-refractivity contribution in [2.45, 2.75) is 6.54 Å². The molecule has 0 radical (unpaired) electrons. The highest BCUT2D eigenvalue weighted by Gasteiger charge is 2.32. The van der Waals surface area contributed by atoms with Crippen molar-refractivity contribution >= 4 is 51.9 Å². The number of furan rings is 2. The fraction of sp³-hybridized carbons (Fsp3) is 0.0526. The summed E-state index contributed by atoms with van der Waals surface area (Å²) in [5.41, 5.74) is 0.916. The van der Waals surface area contributed by atoms with Crippen LogP contribution in [0.4, 0.5) is 0 Å². The first-order valence-electron chi connectivity index (χ1n) is 7.74. The van der Waals surface area contributed by atoms with Crippen molar-refractivity contribution < 1.29 is 13.6 Å². The first-order valence-corrected chi connectivity index (χ1v) is 9.34. The Morgan fingerprint density at radius 3 is 2.69 bits per heavy atom. The summed E-state index contributed by atoms with van der Waals surface area (Å²) < 4.78 is 11.6. The molecule has 7 heteroatoms. The Balaban J connectivity index is 1.54. The van der Waals surface area contributed by atoms with Crippen LogP contribution in [0.15, 0.2) is 68.5 Å². The summed E-state index contributed by atoms with van der Waals surface area (Å²) in [6, 6.07) is 14.7. The number of hydrogen-bond acceptors (Lipinski definition) is 5. The molecule has 3 heterocycles. The second kappa shape index (κ2) is 7.15. The molecule has 1 fully saturated rings. The van der Waals surface area contributed by atoms with E-state index in [4.69, 9.17) is 32.7 Å². The number of hydrogen-bond donors (Lipinski definition) is 0. The Morgan fingerprint density at radius 1 is 1.15 bits per heavy atom. The Labute approximate surface area is 164 Å². The van der Waals surface area contributed by atoms with Gasteiger partial charge in [-0.1, -0.05) is 35.6 Å². The summed E-state index contributed by atoms with van der Waals surface area (Å²) in [7, 11) is 0. The third-order valence-corrected chi connectivity index (χ3v) is 5.43. The molecule has 0 unspecified atom stereocenters. The molecular formula is C19H12ClNO3S2. The van der Waals surface area contributed by atoms with Gasteiger partial charge in [0.25, 0.3) is 5.91 Å². The Morgan fingerprint density at radius 2 is 1.96 bits per heavy atom. The summed E-state index contributed by atoms with van der Waals surface area (Å²) in [5, 5.41) is 0.667. The molecule has 4 rings (SSSR count). The Kier molecular flexibility index (Phi) is 4.72. The number of rotatable bonds is 4. The standard InChI is InChI=1S/C19H12ClNO3S2/c20-13-5-3-12(4-6-13)16-8-7-14(24-16)10-17-18(22)21(19(25)26-17)11-15-2-1-9-23-15/h1-10H,11H2. The van der Waals surface area contributed by atoms with Gasteiger partial charge in [0.1, 0.15) is 21.6 Å². The quantitative estimate of drug-likeness (QED) is 0.421. The molecular weight excluding hydrogens is 390 g/mol. The molecule has 4 nitrogen and oxygen atoms in total. The molecule has 1 aliphatic rings. The maximum atomic E-state index is 12.6. The van der Waals surface area contributed by atoms with Crippen molar-refractivity contribution in [2.24, 2.45) is 0 Å². The maximum absolute atomic E-state index is 12.6. The van der Waals surface area contributed by atoms with E-state index in [1.807, 2.05) is 30.3 Å². The van der Waals surface area contributed by atoms with E-state index >= 15 is 0 Å². The van der Waals surface area contributed by atoms with Gasteiger partial charge in [0.15, 0.2) is 0 Å². The van der Waals surface area contributed by atoms with E-state index in [0.29, 0.717) is 38.1 Å². The van der Waals surface area contributed by atoms with Gasteiger partial charge in [-0.15, -0.1) is 0 Å². The monoisotopic (exact) mass is 401 g/mol. The molecule has 0 aliphatic carbocycles. The van der Waals surface area contributed by atoms with E-state index < -0.39 is 0 Å². The fourth-order valence-corrected chi connectivity index (χ4v) is 3.88. The first kappa shape index (κ1) is 17.1. The number of carbonyl (C=O) groups excluding carboxylic acids is 1. The van der Waals surface area contributed by atoms with Crippen molar-refractivity contribution in [3.05, 3.63) is 76.2 Å².